The van der Waals surface area contributed by atoms with E-state index >= 15 is 0 Å². The van der Waals surface area contributed by atoms with E-state index in [1.165, 1.54) is 0 Å². The molecular formula is C19H18N2O2. The molecule has 4 nitrogen and oxygen atoms in total. The Bertz CT molecular complexity index is 677. The van der Waals surface area contributed by atoms with Crippen LogP contribution in [0.1, 0.15) is 23.0 Å². The van der Waals surface area contributed by atoms with E-state index < -0.39 is 5.41 Å². The molecule has 2 N–H and O–H groups in total. The molecule has 1 spiro atoms. The first kappa shape index (κ1) is 14.0. The van der Waals surface area contributed by atoms with Crippen molar-refractivity contribution in [2.45, 2.75) is 11.8 Å². The molecule has 0 aliphatic carbocycles. The van der Waals surface area contributed by atoms with Crippen molar-refractivity contribution in [2.24, 2.45) is 5.41 Å². The minimum atomic E-state index is -1.05. The highest BCUT2D eigenvalue weighted by Gasteiger charge is 2.64. The summed E-state index contributed by atoms with van der Waals surface area (Å²) in [4.78, 5) is 25.6. The fourth-order valence-electron chi connectivity index (χ4n) is 4.12. The third kappa shape index (κ3) is 1.91. The number of rotatable bonds is 2. The Balaban J connectivity index is 1.87. The van der Waals surface area contributed by atoms with Crippen molar-refractivity contribution in [3.63, 3.8) is 0 Å². The van der Waals surface area contributed by atoms with Gasteiger partial charge in [0.2, 0.25) is 11.8 Å². The summed E-state index contributed by atoms with van der Waals surface area (Å²) in [7, 11) is 0. The van der Waals surface area contributed by atoms with Crippen molar-refractivity contribution in [3.05, 3.63) is 71.8 Å². The van der Waals surface area contributed by atoms with E-state index in [2.05, 4.69) is 10.6 Å². The second-order valence-corrected chi connectivity index (χ2v) is 6.22. The monoisotopic (exact) mass is 306 g/mol. The van der Waals surface area contributed by atoms with Gasteiger partial charge in [0.05, 0.1) is 0 Å². The highest BCUT2D eigenvalue weighted by Crippen LogP contribution is 2.52. The van der Waals surface area contributed by atoms with E-state index in [0.717, 1.165) is 11.1 Å². The number of carbonyl (C=O) groups excluding carboxylic acids is 2. The maximum absolute atomic E-state index is 12.8. The Morgan fingerprint density at radius 3 is 1.48 bits per heavy atom. The van der Waals surface area contributed by atoms with Gasteiger partial charge in [-0.05, 0) is 11.1 Å². The van der Waals surface area contributed by atoms with Gasteiger partial charge in [-0.1, -0.05) is 60.7 Å². The lowest BCUT2D eigenvalue weighted by Crippen LogP contribution is -2.44. The summed E-state index contributed by atoms with van der Waals surface area (Å²) in [6.07, 6.45) is 0. The van der Waals surface area contributed by atoms with Gasteiger partial charge in [-0.15, -0.1) is 0 Å². The van der Waals surface area contributed by atoms with Crippen LogP contribution in [0.2, 0.25) is 0 Å². The molecular weight excluding hydrogens is 288 g/mol. The molecule has 0 aromatic heterocycles. The molecule has 2 aromatic rings. The minimum absolute atomic E-state index is 0.149. The van der Waals surface area contributed by atoms with Gasteiger partial charge in [-0.25, -0.2) is 0 Å². The van der Waals surface area contributed by atoms with Gasteiger partial charge in [-0.2, -0.15) is 0 Å². The number of carbonyl (C=O) groups is 2. The average molecular weight is 306 g/mol. The maximum Gasteiger partial charge on any atom is 0.237 e. The molecule has 2 aliphatic heterocycles. The minimum Gasteiger partial charge on any atom is -0.354 e. The van der Waals surface area contributed by atoms with Crippen LogP contribution in [0.3, 0.4) is 0 Å². The van der Waals surface area contributed by atoms with E-state index in [1.807, 2.05) is 60.7 Å². The second-order valence-electron chi connectivity index (χ2n) is 6.22. The van der Waals surface area contributed by atoms with Crippen LogP contribution in [-0.2, 0) is 9.59 Å². The summed E-state index contributed by atoms with van der Waals surface area (Å²) in [5.74, 6) is -0.613. The predicted molar refractivity (Wildman–Crippen MR) is 86.8 cm³/mol. The fraction of sp³-hybridized carbons (Fsp3) is 0.263. The molecule has 0 radical (unpaired) electrons. The molecule has 0 bridgehead atoms. The Hall–Kier alpha value is -2.62. The lowest BCUT2D eigenvalue weighted by Gasteiger charge is -2.31. The van der Waals surface area contributed by atoms with Gasteiger partial charge >= 0.3 is 0 Å². The third-order valence-corrected chi connectivity index (χ3v) is 5.19. The van der Waals surface area contributed by atoms with Gasteiger partial charge in [0.1, 0.15) is 5.41 Å². The molecule has 0 saturated carbocycles. The zero-order chi connectivity index (χ0) is 15.9. The molecule has 2 amide bonds. The van der Waals surface area contributed by atoms with Crippen molar-refractivity contribution in [1.29, 1.82) is 0 Å². The number of hydrogen-bond acceptors (Lipinski definition) is 2. The largest absolute Gasteiger partial charge is 0.354 e. The summed E-state index contributed by atoms with van der Waals surface area (Å²) >= 11 is 0. The van der Waals surface area contributed by atoms with Gasteiger partial charge in [0.15, 0.2) is 0 Å². The van der Waals surface area contributed by atoms with Crippen molar-refractivity contribution in [3.8, 4) is 0 Å². The highest BCUT2D eigenvalue weighted by atomic mass is 16.2. The van der Waals surface area contributed by atoms with Crippen LogP contribution in [-0.4, -0.2) is 24.9 Å². The van der Waals surface area contributed by atoms with Crippen LogP contribution < -0.4 is 10.6 Å². The molecule has 2 aliphatic rings. The van der Waals surface area contributed by atoms with Gasteiger partial charge in [-0.3, -0.25) is 9.59 Å². The summed E-state index contributed by atoms with van der Waals surface area (Å²) < 4.78 is 0. The predicted octanol–water partition coefficient (Wildman–Crippen LogP) is 1.80. The van der Waals surface area contributed by atoms with Crippen LogP contribution in [0.5, 0.6) is 0 Å². The first-order valence-electron chi connectivity index (χ1n) is 7.91. The van der Waals surface area contributed by atoms with E-state index in [9.17, 15) is 9.59 Å². The average Bonchev–Trinajstić information content (AvgIpc) is 3.12. The smallest absolute Gasteiger partial charge is 0.237 e. The number of nitrogens with one attached hydrogen (secondary N) is 2. The Labute approximate surface area is 134 Å². The first-order valence-corrected chi connectivity index (χ1v) is 7.91. The molecule has 23 heavy (non-hydrogen) atoms. The van der Waals surface area contributed by atoms with Crippen LogP contribution >= 0.6 is 0 Å². The Morgan fingerprint density at radius 2 is 1.09 bits per heavy atom. The third-order valence-electron chi connectivity index (χ3n) is 5.19. The molecule has 2 fully saturated rings. The fourth-order valence-corrected chi connectivity index (χ4v) is 4.12. The number of hydrogen-bond donors (Lipinski definition) is 2. The van der Waals surface area contributed by atoms with Crippen LogP contribution in [0.15, 0.2) is 60.7 Å². The molecule has 0 unspecified atom stereocenters. The van der Waals surface area contributed by atoms with Crippen molar-refractivity contribution >= 4 is 11.8 Å². The Kier molecular flexibility index (Phi) is 3.18. The van der Waals surface area contributed by atoms with Gasteiger partial charge < -0.3 is 10.6 Å². The molecule has 4 rings (SSSR count). The number of amides is 2. The lowest BCUT2D eigenvalue weighted by molar-refractivity contribution is -0.139. The maximum atomic E-state index is 12.8. The van der Waals surface area contributed by atoms with E-state index in [4.69, 9.17) is 0 Å². The lowest BCUT2D eigenvalue weighted by atomic mass is 9.65. The highest BCUT2D eigenvalue weighted by molar-refractivity contribution is 6.10. The molecule has 2 aromatic carbocycles. The first-order chi connectivity index (χ1) is 11.2. The standard InChI is InChI=1S/C19H18N2O2/c22-17-19(15(11-20-17)13-7-3-1-4-8-13)16(12-21-18(19)23)14-9-5-2-6-10-14/h1-10,15-16H,11-12H2,(H,20,22)(H,21,23)/t15-,16-,19?/m0/s1. The molecule has 4 heteroatoms. The zero-order valence-electron chi connectivity index (χ0n) is 12.7. The molecule has 2 heterocycles. The molecule has 116 valence electrons. The molecule has 2 atom stereocenters. The second kappa shape index (κ2) is 5.23. The summed E-state index contributed by atoms with van der Waals surface area (Å²) in [6, 6.07) is 19.7. The Morgan fingerprint density at radius 1 is 0.696 bits per heavy atom. The normalized spacial score (nSPS) is 25.4. The van der Waals surface area contributed by atoms with Crippen molar-refractivity contribution in [2.75, 3.05) is 13.1 Å². The molecule has 2 saturated heterocycles. The van der Waals surface area contributed by atoms with Crippen molar-refractivity contribution < 1.29 is 9.59 Å². The van der Waals surface area contributed by atoms with Crippen molar-refractivity contribution in [1.82, 2.24) is 10.6 Å². The quantitative estimate of drug-likeness (QED) is 0.831. The summed E-state index contributed by atoms with van der Waals surface area (Å²) in [5, 5.41) is 5.86. The summed E-state index contributed by atoms with van der Waals surface area (Å²) in [6.45, 7) is 0.999. The SMILES string of the molecule is O=C1NC[C@@H](c2ccccc2)C12C(=O)NC[C@H]2c1ccccc1. The van der Waals surface area contributed by atoms with E-state index in [1.54, 1.807) is 0 Å². The van der Waals surface area contributed by atoms with Gasteiger partial charge in [0.25, 0.3) is 0 Å². The summed E-state index contributed by atoms with van der Waals surface area (Å²) in [5.41, 5.74) is 1.01. The van der Waals surface area contributed by atoms with Crippen LogP contribution in [0.25, 0.3) is 0 Å². The van der Waals surface area contributed by atoms with Crippen LogP contribution in [0.4, 0.5) is 0 Å². The van der Waals surface area contributed by atoms with E-state index in [-0.39, 0.29) is 23.7 Å². The van der Waals surface area contributed by atoms with Crippen LogP contribution in [0, 0.1) is 5.41 Å². The topological polar surface area (TPSA) is 58.2 Å². The van der Waals surface area contributed by atoms with E-state index in [0.29, 0.717) is 13.1 Å². The zero-order valence-corrected chi connectivity index (χ0v) is 12.7. The number of benzene rings is 2. The van der Waals surface area contributed by atoms with Gasteiger partial charge in [0, 0.05) is 24.9 Å².